The van der Waals surface area contributed by atoms with Gasteiger partial charge in [-0.3, -0.25) is 0 Å². The van der Waals surface area contributed by atoms with Gasteiger partial charge in [-0.1, -0.05) is 58.6 Å². The monoisotopic (exact) mass is 474 g/mol. The van der Waals surface area contributed by atoms with Crippen molar-refractivity contribution in [2.45, 2.75) is 26.4 Å². The van der Waals surface area contributed by atoms with E-state index in [1.54, 1.807) is 12.2 Å². The molecule has 1 unspecified atom stereocenters. The Bertz CT molecular complexity index is 705. The molecule has 25 heavy (non-hydrogen) atoms. The van der Waals surface area contributed by atoms with E-state index in [1.165, 1.54) is 0 Å². The molecule has 7 atom stereocenters. The fourth-order valence-electron chi connectivity index (χ4n) is 4.80. The van der Waals surface area contributed by atoms with Crippen LogP contribution in [0.5, 0.6) is 0 Å². The van der Waals surface area contributed by atoms with Crippen LogP contribution in [-0.2, 0) is 9.53 Å². The van der Waals surface area contributed by atoms with Gasteiger partial charge in [-0.05, 0) is 0 Å². The number of fused-ring (bicyclic) bond motifs is 9. The van der Waals surface area contributed by atoms with E-state index in [0.29, 0.717) is 0 Å². The molecule has 138 valence electrons. The van der Waals surface area contributed by atoms with Crippen LogP contribution in [-0.4, -0.2) is 32.3 Å². The molecule has 2 fully saturated rings. The van der Waals surface area contributed by atoms with E-state index in [9.17, 15) is 18.0 Å². The zero-order valence-electron chi connectivity index (χ0n) is 11.8. The number of rotatable bonds is 1. The van der Waals surface area contributed by atoms with Crippen molar-refractivity contribution in [3.05, 3.63) is 22.2 Å². The molecule has 0 aromatic carbocycles. The highest BCUT2D eigenvalue weighted by atomic mass is 35.5. The molecule has 0 N–H and O–H groups in total. The van der Waals surface area contributed by atoms with Gasteiger partial charge in [0.25, 0.3) is 0 Å². The van der Waals surface area contributed by atoms with Crippen molar-refractivity contribution in [1.82, 2.24) is 0 Å². The summed E-state index contributed by atoms with van der Waals surface area (Å²) < 4.78 is 40.7. The van der Waals surface area contributed by atoms with E-state index in [0.717, 1.165) is 0 Å². The summed E-state index contributed by atoms with van der Waals surface area (Å²) in [7, 11) is 0. The second kappa shape index (κ2) is 5.09. The van der Waals surface area contributed by atoms with E-state index >= 15 is 0 Å². The molecule has 0 radical (unpaired) electrons. The van der Waals surface area contributed by atoms with Gasteiger partial charge in [0.1, 0.15) is 15.9 Å². The molecular formula is C14H7Cl6F3O2. The van der Waals surface area contributed by atoms with Gasteiger partial charge in [-0.2, -0.15) is 13.2 Å². The number of alkyl halides is 7. The minimum atomic E-state index is -5.11. The van der Waals surface area contributed by atoms with Crippen LogP contribution in [0.25, 0.3) is 0 Å². The van der Waals surface area contributed by atoms with Gasteiger partial charge in [0, 0.05) is 23.7 Å². The first-order valence-electron chi connectivity index (χ1n) is 7.09. The molecule has 2 nitrogen and oxygen atoms in total. The van der Waals surface area contributed by atoms with Crippen molar-refractivity contribution in [3.63, 3.8) is 0 Å². The van der Waals surface area contributed by atoms with Crippen molar-refractivity contribution in [1.29, 1.82) is 0 Å². The fourth-order valence-corrected chi connectivity index (χ4v) is 7.91. The van der Waals surface area contributed by atoms with Crippen LogP contribution < -0.4 is 0 Å². The van der Waals surface area contributed by atoms with Crippen LogP contribution in [0.4, 0.5) is 13.2 Å². The highest BCUT2D eigenvalue weighted by molar-refractivity contribution is 6.65. The zero-order valence-corrected chi connectivity index (χ0v) is 16.3. The standard InChI is InChI=1S/C14H7Cl6F3O2/c15-8-9(16)12(18)6-4-2-1-3(5(6)11(8,17)14(12,19)20)7(4)25-10(24)13(21,22)23/h1-7H/t3-,4+,5+,6-,7?,11+,12-. The van der Waals surface area contributed by atoms with Crippen molar-refractivity contribution in [3.8, 4) is 0 Å². The van der Waals surface area contributed by atoms with Crippen LogP contribution in [0.15, 0.2) is 22.2 Å². The van der Waals surface area contributed by atoms with E-state index < -0.39 is 56.0 Å². The normalized spacial score (nSPS) is 49.1. The third-order valence-corrected chi connectivity index (χ3v) is 9.96. The maximum atomic E-state index is 12.6. The third-order valence-electron chi connectivity index (χ3n) is 5.67. The van der Waals surface area contributed by atoms with Gasteiger partial charge in [0.15, 0.2) is 4.33 Å². The molecule has 0 spiro atoms. The highest BCUT2D eigenvalue weighted by Gasteiger charge is 2.87. The number of halogens is 9. The average Bonchev–Trinajstić information content (AvgIpc) is 3.10. The number of carbonyl (C=O) groups excluding carboxylic acids is 1. The molecule has 0 heterocycles. The Balaban J connectivity index is 1.77. The lowest BCUT2D eigenvalue weighted by Crippen LogP contribution is -2.48. The van der Waals surface area contributed by atoms with Crippen LogP contribution in [0.2, 0.25) is 0 Å². The Morgan fingerprint density at radius 2 is 1.36 bits per heavy atom. The van der Waals surface area contributed by atoms with E-state index in [2.05, 4.69) is 0 Å². The van der Waals surface area contributed by atoms with E-state index in [-0.39, 0.29) is 10.1 Å². The first kappa shape index (κ1) is 18.8. The molecule has 4 rings (SSSR count). The van der Waals surface area contributed by atoms with Crippen LogP contribution in [0, 0.1) is 23.7 Å². The molecule has 4 aliphatic rings. The maximum Gasteiger partial charge on any atom is 0.490 e. The summed E-state index contributed by atoms with van der Waals surface area (Å²) in [5.41, 5.74) is 0. The largest absolute Gasteiger partial charge is 0.490 e. The number of hydrogen-bond donors (Lipinski definition) is 0. The number of carbonyl (C=O) groups is 1. The summed E-state index contributed by atoms with van der Waals surface area (Å²) in [4.78, 5) is 8.12. The molecule has 0 aromatic rings. The van der Waals surface area contributed by atoms with Crippen LogP contribution >= 0.6 is 69.6 Å². The summed E-state index contributed by atoms with van der Waals surface area (Å²) in [6, 6.07) is 0. The van der Waals surface area contributed by atoms with Crippen LogP contribution in [0.1, 0.15) is 0 Å². The molecule has 11 heteroatoms. The highest BCUT2D eigenvalue weighted by Crippen LogP contribution is 2.81. The summed E-state index contributed by atoms with van der Waals surface area (Å²) in [5, 5.41) is -0.0575. The quantitative estimate of drug-likeness (QED) is 0.220. The molecule has 4 aliphatic carbocycles. The van der Waals surface area contributed by atoms with Gasteiger partial charge in [-0.15, -0.1) is 23.2 Å². The van der Waals surface area contributed by atoms with Crippen molar-refractivity contribution in [2.24, 2.45) is 23.7 Å². The van der Waals surface area contributed by atoms with E-state index in [4.69, 9.17) is 74.3 Å². The molecule has 0 aromatic heterocycles. The fraction of sp³-hybridized carbons (Fsp3) is 0.643. The van der Waals surface area contributed by atoms with Gasteiger partial charge >= 0.3 is 12.1 Å². The summed E-state index contributed by atoms with van der Waals surface area (Å²) in [6.07, 6.45) is -2.93. The zero-order chi connectivity index (χ0) is 18.7. The second-order valence-corrected chi connectivity index (χ2v) is 9.86. The lowest BCUT2D eigenvalue weighted by Gasteiger charge is -2.36. The van der Waals surface area contributed by atoms with Crippen LogP contribution in [0.3, 0.4) is 0 Å². The Hall–Kier alpha value is 0.480. The molecule has 4 bridgehead atoms. The number of esters is 1. The third kappa shape index (κ3) is 1.86. The summed E-state index contributed by atoms with van der Waals surface area (Å²) in [5.74, 6) is -4.84. The lowest BCUT2D eigenvalue weighted by molar-refractivity contribution is -0.206. The molecular weight excluding hydrogens is 470 g/mol. The average molecular weight is 477 g/mol. The Morgan fingerprint density at radius 1 is 0.960 bits per heavy atom. The minimum absolute atomic E-state index is 0.0288. The lowest BCUT2D eigenvalue weighted by atomic mass is 9.75. The Kier molecular flexibility index (Phi) is 3.83. The predicted molar refractivity (Wildman–Crippen MR) is 89.4 cm³/mol. The minimum Gasteiger partial charge on any atom is -0.454 e. The number of ether oxygens (including phenoxy) is 1. The molecule has 0 amide bonds. The Morgan fingerprint density at radius 3 is 1.72 bits per heavy atom. The predicted octanol–water partition coefficient (Wildman–Crippen LogP) is 5.35. The van der Waals surface area contributed by atoms with Gasteiger partial charge in [0.2, 0.25) is 0 Å². The van der Waals surface area contributed by atoms with Crippen molar-refractivity contribution in [2.75, 3.05) is 0 Å². The van der Waals surface area contributed by atoms with Crippen molar-refractivity contribution >= 4 is 75.6 Å². The maximum absolute atomic E-state index is 12.6. The molecule has 0 saturated heterocycles. The Labute approximate surface area is 170 Å². The first-order valence-corrected chi connectivity index (χ1v) is 9.36. The summed E-state index contributed by atoms with van der Waals surface area (Å²) >= 11 is 38.8. The van der Waals surface area contributed by atoms with E-state index in [1.807, 2.05) is 0 Å². The summed E-state index contributed by atoms with van der Waals surface area (Å²) in [6.45, 7) is 0. The number of hydrogen-bond acceptors (Lipinski definition) is 2. The molecule has 0 aliphatic heterocycles. The van der Waals surface area contributed by atoms with Gasteiger partial charge in [-0.25, -0.2) is 4.79 Å². The topological polar surface area (TPSA) is 26.3 Å². The second-order valence-electron chi connectivity index (χ2n) is 6.58. The van der Waals surface area contributed by atoms with Gasteiger partial charge < -0.3 is 4.74 Å². The first-order chi connectivity index (χ1) is 11.3. The number of allylic oxidation sites excluding steroid dienone is 2. The smallest absolute Gasteiger partial charge is 0.454 e. The SMILES string of the molecule is O=C(OC1[C@H]2C=C[C@@H]1[C@H]1[C@@H]2[C@@]2(Cl)C(Cl)=C(Cl)[C@]1(Cl)C2(Cl)Cl)C(F)(F)F. The van der Waals surface area contributed by atoms with Crippen molar-refractivity contribution < 1.29 is 22.7 Å². The van der Waals surface area contributed by atoms with Gasteiger partial charge in [0.05, 0.1) is 10.1 Å². The molecule has 2 saturated carbocycles.